The zero-order valence-electron chi connectivity index (χ0n) is 8.03. The predicted molar refractivity (Wildman–Crippen MR) is 51.6 cm³/mol. The number of aliphatic hydroxyl groups is 1. The van der Waals surface area contributed by atoms with Crippen LogP contribution in [0.4, 0.5) is 4.39 Å². The maximum Gasteiger partial charge on any atom is 0.131 e. The Labute approximate surface area is 82.3 Å². The lowest BCUT2D eigenvalue weighted by Gasteiger charge is -2.13. The fourth-order valence-electron chi connectivity index (χ4n) is 1.24. The van der Waals surface area contributed by atoms with Gasteiger partial charge in [-0.25, -0.2) is 4.39 Å². The lowest BCUT2D eigenvalue weighted by atomic mass is 10.1. The van der Waals surface area contributed by atoms with Crippen LogP contribution in [0.2, 0.25) is 0 Å². The highest BCUT2D eigenvalue weighted by atomic mass is 19.1. The minimum atomic E-state index is -0.426. The van der Waals surface area contributed by atoms with Gasteiger partial charge in [0.15, 0.2) is 0 Å². The molecule has 0 radical (unpaired) electrons. The molecule has 0 amide bonds. The fourth-order valence-corrected chi connectivity index (χ4v) is 1.24. The first kappa shape index (κ1) is 10.9. The molecule has 0 heterocycles. The van der Waals surface area contributed by atoms with E-state index in [0.717, 1.165) is 0 Å². The van der Waals surface area contributed by atoms with Crippen molar-refractivity contribution in [1.82, 2.24) is 0 Å². The minimum Gasteiger partial charge on any atom is -0.491 e. The summed E-state index contributed by atoms with van der Waals surface area (Å²) >= 11 is 0. The Balaban J connectivity index is 2.96. The molecule has 14 heavy (non-hydrogen) atoms. The maximum absolute atomic E-state index is 13.3. The molecule has 0 aliphatic heterocycles. The molecule has 1 atom stereocenters. The molecule has 0 spiro atoms. The van der Waals surface area contributed by atoms with E-state index >= 15 is 0 Å². The summed E-state index contributed by atoms with van der Waals surface area (Å²) in [5.74, 6) is 0.0180. The number of ether oxygens (including phenoxy) is 1. The monoisotopic (exact) mass is 199 g/mol. The number of hydrogen-bond donors (Lipinski definition) is 2. The third-order valence-electron chi connectivity index (χ3n) is 1.82. The molecule has 1 aromatic rings. The Morgan fingerprint density at radius 1 is 1.57 bits per heavy atom. The average molecular weight is 199 g/mol. The molecule has 0 aromatic heterocycles. The Morgan fingerprint density at radius 2 is 2.29 bits per heavy atom. The lowest BCUT2D eigenvalue weighted by molar-refractivity contribution is 0.199. The largest absolute Gasteiger partial charge is 0.491 e. The Hall–Kier alpha value is -1.13. The van der Waals surface area contributed by atoms with Crippen molar-refractivity contribution in [2.45, 2.75) is 13.0 Å². The molecule has 1 aromatic carbocycles. The first-order chi connectivity index (χ1) is 6.66. The van der Waals surface area contributed by atoms with Crippen LogP contribution in [0.3, 0.4) is 0 Å². The van der Waals surface area contributed by atoms with Gasteiger partial charge in [-0.05, 0) is 19.1 Å². The quantitative estimate of drug-likeness (QED) is 0.766. The number of halogens is 1. The molecule has 0 unspecified atom stereocenters. The summed E-state index contributed by atoms with van der Waals surface area (Å²) in [6.07, 6.45) is 0. The van der Waals surface area contributed by atoms with E-state index in [1.807, 2.05) is 0 Å². The van der Waals surface area contributed by atoms with E-state index in [9.17, 15) is 4.39 Å². The first-order valence-electron chi connectivity index (χ1n) is 4.44. The third kappa shape index (κ3) is 2.43. The number of benzene rings is 1. The van der Waals surface area contributed by atoms with Gasteiger partial charge in [0.2, 0.25) is 0 Å². The molecule has 0 fully saturated rings. The lowest BCUT2D eigenvalue weighted by Crippen LogP contribution is -2.11. The van der Waals surface area contributed by atoms with Gasteiger partial charge in [-0.2, -0.15) is 0 Å². The van der Waals surface area contributed by atoms with Crippen molar-refractivity contribution >= 4 is 0 Å². The summed E-state index contributed by atoms with van der Waals surface area (Å²) in [6.45, 7) is 1.72. The highest BCUT2D eigenvalue weighted by Gasteiger charge is 2.12. The minimum absolute atomic E-state index is 0.102. The SMILES string of the molecule is C[C@H](N)c1c(F)cccc1OCCO. The molecule has 78 valence electrons. The van der Waals surface area contributed by atoms with E-state index in [-0.39, 0.29) is 19.0 Å². The van der Waals surface area contributed by atoms with Gasteiger partial charge in [0.1, 0.15) is 18.2 Å². The molecule has 0 aliphatic rings. The van der Waals surface area contributed by atoms with Crippen LogP contribution in [0.25, 0.3) is 0 Å². The van der Waals surface area contributed by atoms with Crippen LogP contribution >= 0.6 is 0 Å². The zero-order valence-corrected chi connectivity index (χ0v) is 8.03. The molecular formula is C10H14FNO2. The van der Waals surface area contributed by atoms with Gasteiger partial charge in [0.25, 0.3) is 0 Å². The summed E-state index contributed by atoms with van der Waals surface area (Å²) in [5, 5.41) is 8.58. The van der Waals surface area contributed by atoms with Crippen LogP contribution in [0.15, 0.2) is 18.2 Å². The van der Waals surface area contributed by atoms with Crippen LogP contribution in [-0.4, -0.2) is 18.3 Å². The van der Waals surface area contributed by atoms with Crippen molar-refractivity contribution in [3.05, 3.63) is 29.6 Å². The molecule has 0 aliphatic carbocycles. The molecule has 1 rings (SSSR count). The summed E-state index contributed by atoms with van der Waals surface area (Å²) in [6, 6.07) is 4.10. The normalized spacial score (nSPS) is 12.6. The summed E-state index contributed by atoms with van der Waals surface area (Å²) in [4.78, 5) is 0. The second-order valence-corrected chi connectivity index (χ2v) is 3.01. The number of nitrogens with two attached hydrogens (primary N) is 1. The second kappa shape index (κ2) is 4.93. The van der Waals surface area contributed by atoms with Gasteiger partial charge < -0.3 is 15.6 Å². The predicted octanol–water partition coefficient (Wildman–Crippen LogP) is 1.22. The van der Waals surface area contributed by atoms with Crippen LogP contribution in [0.5, 0.6) is 5.75 Å². The molecular weight excluding hydrogens is 185 g/mol. The van der Waals surface area contributed by atoms with Gasteiger partial charge >= 0.3 is 0 Å². The van der Waals surface area contributed by atoms with Crippen LogP contribution in [0, 0.1) is 5.82 Å². The first-order valence-corrected chi connectivity index (χ1v) is 4.44. The molecule has 4 heteroatoms. The van der Waals surface area contributed by atoms with Crippen LogP contribution in [0.1, 0.15) is 18.5 Å². The van der Waals surface area contributed by atoms with Crippen LogP contribution < -0.4 is 10.5 Å². The van der Waals surface area contributed by atoms with E-state index in [0.29, 0.717) is 11.3 Å². The van der Waals surface area contributed by atoms with Crippen molar-refractivity contribution in [2.75, 3.05) is 13.2 Å². The average Bonchev–Trinajstić information content (AvgIpc) is 2.14. The Morgan fingerprint density at radius 3 is 2.86 bits per heavy atom. The fraction of sp³-hybridized carbons (Fsp3) is 0.400. The van der Waals surface area contributed by atoms with Crippen molar-refractivity contribution < 1.29 is 14.2 Å². The van der Waals surface area contributed by atoms with E-state index in [4.69, 9.17) is 15.6 Å². The van der Waals surface area contributed by atoms with Gasteiger partial charge in [-0.15, -0.1) is 0 Å². The van der Waals surface area contributed by atoms with E-state index in [2.05, 4.69) is 0 Å². The number of aliphatic hydroxyl groups excluding tert-OH is 1. The van der Waals surface area contributed by atoms with E-state index in [1.54, 1.807) is 19.1 Å². The van der Waals surface area contributed by atoms with Crippen molar-refractivity contribution in [1.29, 1.82) is 0 Å². The highest BCUT2D eigenvalue weighted by molar-refractivity contribution is 5.36. The molecule has 0 saturated carbocycles. The number of rotatable bonds is 4. The summed E-state index contributed by atoms with van der Waals surface area (Å²) in [5.41, 5.74) is 5.95. The third-order valence-corrected chi connectivity index (χ3v) is 1.82. The van der Waals surface area contributed by atoms with E-state index in [1.165, 1.54) is 6.07 Å². The van der Waals surface area contributed by atoms with Crippen molar-refractivity contribution in [3.63, 3.8) is 0 Å². The standard InChI is InChI=1S/C10H14FNO2/c1-7(12)10-8(11)3-2-4-9(10)14-6-5-13/h2-4,7,13H,5-6,12H2,1H3/t7-/m0/s1. The number of hydrogen-bond acceptors (Lipinski definition) is 3. The van der Waals surface area contributed by atoms with Gasteiger partial charge in [-0.3, -0.25) is 0 Å². The van der Waals surface area contributed by atoms with Gasteiger partial charge in [0.05, 0.1) is 6.61 Å². The Bertz CT molecular complexity index is 302. The summed E-state index contributed by atoms with van der Waals surface area (Å²) in [7, 11) is 0. The molecule has 0 saturated heterocycles. The zero-order chi connectivity index (χ0) is 10.6. The second-order valence-electron chi connectivity index (χ2n) is 3.01. The van der Waals surface area contributed by atoms with Crippen molar-refractivity contribution in [2.24, 2.45) is 5.73 Å². The maximum atomic E-state index is 13.3. The van der Waals surface area contributed by atoms with Crippen molar-refractivity contribution in [3.8, 4) is 5.75 Å². The summed E-state index contributed by atoms with van der Waals surface area (Å²) < 4.78 is 18.5. The molecule has 0 bridgehead atoms. The van der Waals surface area contributed by atoms with Crippen LogP contribution in [-0.2, 0) is 0 Å². The van der Waals surface area contributed by atoms with Gasteiger partial charge in [-0.1, -0.05) is 6.07 Å². The smallest absolute Gasteiger partial charge is 0.131 e. The van der Waals surface area contributed by atoms with E-state index < -0.39 is 6.04 Å². The van der Waals surface area contributed by atoms with Gasteiger partial charge in [0, 0.05) is 11.6 Å². The Kier molecular flexibility index (Phi) is 3.85. The molecule has 3 nitrogen and oxygen atoms in total. The highest BCUT2D eigenvalue weighted by Crippen LogP contribution is 2.26. The molecule has 3 N–H and O–H groups in total. The topological polar surface area (TPSA) is 55.5 Å².